The highest BCUT2D eigenvalue weighted by Crippen LogP contribution is 2.26. The zero-order valence-corrected chi connectivity index (χ0v) is 12.7. The molecule has 0 radical (unpaired) electrons. The van der Waals surface area contributed by atoms with E-state index >= 15 is 0 Å². The van der Waals surface area contributed by atoms with Gasteiger partial charge in [-0.05, 0) is 25.1 Å². The van der Waals surface area contributed by atoms with Gasteiger partial charge in [0, 0.05) is 25.1 Å². The van der Waals surface area contributed by atoms with Gasteiger partial charge in [0.15, 0.2) is 0 Å². The van der Waals surface area contributed by atoms with Crippen molar-refractivity contribution >= 4 is 16.9 Å². The molecular weight excluding hydrogens is 276 g/mol. The summed E-state index contributed by atoms with van der Waals surface area (Å²) in [5.41, 5.74) is 10.5. The second kappa shape index (κ2) is 5.14. The number of fused-ring (bicyclic) bond motifs is 2. The summed E-state index contributed by atoms with van der Waals surface area (Å²) in [6, 6.07) is 7.96. The summed E-state index contributed by atoms with van der Waals surface area (Å²) in [4.78, 5) is 10.3. The number of hydrogen-bond acceptors (Lipinski definition) is 4. The third-order valence-electron chi connectivity index (χ3n) is 4.27. The fourth-order valence-corrected chi connectivity index (χ4v) is 3.16. The van der Waals surface area contributed by atoms with E-state index in [4.69, 9.17) is 5.73 Å². The first-order chi connectivity index (χ1) is 10.8. The molecule has 0 spiro atoms. The monoisotopic (exact) mass is 296 g/mol. The van der Waals surface area contributed by atoms with Gasteiger partial charge in [-0.2, -0.15) is 9.78 Å². The van der Waals surface area contributed by atoms with Gasteiger partial charge in [0.1, 0.15) is 5.82 Å². The van der Waals surface area contributed by atoms with E-state index in [2.05, 4.69) is 26.9 Å². The third kappa shape index (κ3) is 2.07. The molecule has 0 amide bonds. The molecule has 3 heterocycles. The number of aromatic nitrogens is 4. The van der Waals surface area contributed by atoms with Crippen molar-refractivity contribution in [2.24, 2.45) is 0 Å². The summed E-state index contributed by atoms with van der Waals surface area (Å²) >= 11 is 0. The van der Waals surface area contributed by atoms with E-state index in [-0.39, 0.29) is 0 Å². The molecule has 0 bridgehead atoms. The van der Waals surface area contributed by atoms with Crippen LogP contribution in [-0.4, -0.2) is 37.7 Å². The summed E-state index contributed by atoms with van der Waals surface area (Å²) in [5.74, 6) is 1.39. The molecule has 1 aliphatic rings. The number of hydrogen-bond donors (Lipinski definition) is 2. The zero-order valence-electron chi connectivity index (χ0n) is 12.7. The Hall–Kier alpha value is -2.34. The van der Waals surface area contributed by atoms with E-state index in [1.54, 1.807) is 4.68 Å². The van der Waals surface area contributed by atoms with E-state index in [0.29, 0.717) is 11.8 Å². The Bertz CT molecular complexity index is 782. The van der Waals surface area contributed by atoms with Crippen molar-refractivity contribution in [3.8, 4) is 5.95 Å². The van der Waals surface area contributed by atoms with Crippen LogP contribution in [-0.2, 0) is 13.0 Å². The first-order valence-electron chi connectivity index (χ1n) is 7.80. The molecule has 22 heavy (non-hydrogen) atoms. The number of benzene rings is 1. The highest BCUT2D eigenvalue weighted by atomic mass is 15.4. The molecule has 1 aromatic carbocycles. The van der Waals surface area contributed by atoms with Gasteiger partial charge in [0.2, 0.25) is 5.95 Å². The predicted octanol–water partition coefficient (Wildman–Crippen LogP) is 2.10. The van der Waals surface area contributed by atoms with Crippen molar-refractivity contribution in [1.82, 2.24) is 24.6 Å². The van der Waals surface area contributed by atoms with Gasteiger partial charge in [-0.3, -0.25) is 4.90 Å². The lowest BCUT2D eigenvalue weighted by molar-refractivity contribution is 0.254. The number of aromatic amines is 1. The number of H-pyrrole nitrogens is 1. The van der Waals surface area contributed by atoms with Crippen LogP contribution in [0.3, 0.4) is 0 Å². The van der Waals surface area contributed by atoms with Gasteiger partial charge in [0.05, 0.1) is 16.7 Å². The Kier molecular flexibility index (Phi) is 3.11. The summed E-state index contributed by atoms with van der Waals surface area (Å²) < 4.78 is 1.75. The van der Waals surface area contributed by atoms with Gasteiger partial charge in [-0.1, -0.05) is 19.1 Å². The lowest BCUT2D eigenvalue weighted by atomic mass is 10.1. The average molecular weight is 296 g/mol. The molecule has 114 valence electrons. The van der Waals surface area contributed by atoms with E-state index in [1.807, 2.05) is 24.3 Å². The second-order valence-electron chi connectivity index (χ2n) is 5.83. The molecule has 6 heteroatoms. The Balaban J connectivity index is 1.74. The maximum Gasteiger partial charge on any atom is 0.231 e. The molecule has 6 nitrogen and oxygen atoms in total. The molecule has 0 saturated carbocycles. The van der Waals surface area contributed by atoms with E-state index in [9.17, 15) is 0 Å². The molecule has 0 aliphatic carbocycles. The summed E-state index contributed by atoms with van der Waals surface area (Å²) in [6.07, 6.45) is 2.11. The number of nitrogen functional groups attached to an aromatic ring is 1. The Morgan fingerprint density at radius 2 is 2.18 bits per heavy atom. The summed E-state index contributed by atoms with van der Waals surface area (Å²) in [5, 5.41) is 4.68. The van der Waals surface area contributed by atoms with Crippen LogP contribution < -0.4 is 5.73 Å². The largest absolute Gasteiger partial charge is 0.383 e. The molecule has 0 fully saturated rings. The SMILES string of the molecule is CCCN1CCc2nn(-c3nc4ccccc4[nH]3)c(N)c2C1. The minimum atomic E-state index is 0.690. The Morgan fingerprint density at radius 3 is 3.00 bits per heavy atom. The maximum atomic E-state index is 6.35. The number of nitrogens with two attached hydrogens (primary N) is 1. The van der Waals surface area contributed by atoms with Crippen molar-refractivity contribution in [1.29, 1.82) is 0 Å². The van der Waals surface area contributed by atoms with E-state index in [1.165, 1.54) is 0 Å². The quantitative estimate of drug-likeness (QED) is 0.776. The van der Waals surface area contributed by atoms with Crippen LogP contribution in [0.5, 0.6) is 0 Å². The van der Waals surface area contributed by atoms with E-state index < -0.39 is 0 Å². The topological polar surface area (TPSA) is 75.8 Å². The Labute approximate surface area is 128 Å². The van der Waals surface area contributed by atoms with Crippen molar-refractivity contribution in [3.63, 3.8) is 0 Å². The number of rotatable bonds is 3. The number of imidazole rings is 1. The van der Waals surface area contributed by atoms with Gasteiger partial charge in [0.25, 0.3) is 0 Å². The molecule has 2 aromatic heterocycles. The van der Waals surface area contributed by atoms with Gasteiger partial charge < -0.3 is 10.7 Å². The number of para-hydroxylation sites is 2. The van der Waals surface area contributed by atoms with Crippen molar-refractivity contribution in [2.45, 2.75) is 26.3 Å². The highest BCUT2D eigenvalue weighted by Gasteiger charge is 2.24. The van der Waals surface area contributed by atoms with Crippen molar-refractivity contribution in [3.05, 3.63) is 35.5 Å². The van der Waals surface area contributed by atoms with Gasteiger partial charge >= 0.3 is 0 Å². The maximum absolute atomic E-state index is 6.35. The number of nitrogens with zero attached hydrogens (tertiary/aromatic N) is 4. The lowest BCUT2D eigenvalue weighted by Gasteiger charge is -2.25. The minimum absolute atomic E-state index is 0.690. The van der Waals surface area contributed by atoms with Crippen LogP contribution >= 0.6 is 0 Å². The molecular formula is C16H20N6. The smallest absolute Gasteiger partial charge is 0.231 e. The third-order valence-corrected chi connectivity index (χ3v) is 4.27. The zero-order chi connectivity index (χ0) is 15.1. The molecule has 4 rings (SSSR count). The van der Waals surface area contributed by atoms with Gasteiger partial charge in [-0.15, -0.1) is 0 Å². The normalized spacial score (nSPS) is 15.3. The molecule has 1 aliphatic heterocycles. The summed E-state index contributed by atoms with van der Waals surface area (Å²) in [7, 11) is 0. The minimum Gasteiger partial charge on any atom is -0.383 e. The van der Waals surface area contributed by atoms with E-state index in [0.717, 1.165) is 54.8 Å². The van der Waals surface area contributed by atoms with Crippen LogP contribution in [0.15, 0.2) is 24.3 Å². The van der Waals surface area contributed by atoms with Crippen molar-refractivity contribution < 1.29 is 0 Å². The molecule has 0 atom stereocenters. The standard InChI is InChI=1S/C16H20N6/c1-2-8-21-9-7-12-11(10-21)15(17)22(20-12)16-18-13-5-3-4-6-14(13)19-16/h3-6H,2,7-10,17H2,1H3,(H,18,19). The van der Waals surface area contributed by atoms with Crippen LogP contribution in [0.2, 0.25) is 0 Å². The van der Waals surface area contributed by atoms with Crippen LogP contribution in [0, 0.1) is 0 Å². The van der Waals surface area contributed by atoms with Crippen LogP contribution in [0.25, 0.3) is 17.0 Å². The summed E-state index contributed by atoms with van der Waals surface area (Å²) in [6.45, 7) is 5.25. The second-order valence-corrected chi connectivity index (χ2v) is 5.83. The first-order valence-corrected chi connectivity index (χ1v) is 7.80. The Morgan fingerprint density at radius 1 is 1.32 bits per heavy atom. The average Bonchev–Trinajstić information content (AvgIpc) is 3.09. The highest BCUT2D eigenvalue weighted by molar-refractivity contribution is 5.76. The number of anilines is 1. The molecule has 0 saturated heterocycles. The molecule has 0 unspecified atom stereocenters. The molecule has 3 aromatic rings. The fraction of sp³-hybridized carbons (Fsp3) is 0.375. The van der Waals surface area contributed by atoms with Crippen molar-refractivity contribution in [2.75, 3.05) is 18.8 Å². The predicted molar refractivity (Wildman–Crippen MR) is 86.9 cm³/mol. The molecule has 3 N–H and O–H groups in total. The fourth-order valence-electron chi connectivity index (χ4n) is 3.16. The van der Waals surface area contributed by atoms with Crippen LogP contribution in [0.4, 0.5) is 5.82 Å². The van der Waals surface area contributed by atoms with Crippen LogP contribution in [0.1, 0.15) is 24.6 Å². The first kappa shape index (κ1) is 13.3. The number of nitrogens with one attached hydrogen (secondary N) is 1. The lowest BCUT2D eigenvalue weighted by Crippen LogP contribution is -2.31. The van der Waals surface area contributed by atoms with Gasteiger partial charge in [-0.25, -0.2) is 4.98 Å².